The average molecular weight is 637 g/mol. The molecule has 4 unspecified atom stereocenters. The Morgan fingerprint density at radius 2 is 1.24 bits per heavy atom. The molecule has 2 aromatic rings. The highest BCUT2D eigenvalue weighted by Crippen LogP contribution is 2.44. The Hall–Kier alpha value is -2.76. The summed E-state index contributed by atoms with van der Waals surface area (Å²) in [5.74, 6) is 2.16. The van der Waals surface area contributed by atoms with E-state index >= 15 is 0 Å². The highest BCUT2D eigenvalue weighted by atomic mass is 16.8. The summed E-state index contributed by atoms with van der Waals surface area (Å²) in [6.45, 7) is 7.76. The Morgan fingerprint density at radius 1 is 0.667 bits per heavy atom. The lowest BCUT2D eigenvalue weighted by molar-refractivity contribution is -0.241. The third-order valence-corrected chi connectivity index (χ3v) is 7.72. The monoisotopic (exact) mass is 636 g/mol. The summed E-state index contributed by atoms with van der Waals surface area (Å²) in [5.41, 5.74) is 2.13. The molecule has 0 saturated heterocycles. The standard InChI is InChI=1S/C35H56O10/c1-9-13-15-24(11-3)21-42-23-32(36)44-34-30(40-7)19-26(20-31(34)41-8)25-17-27(22-38-5)33(29(18-25)39-6)45-35(37)43-28(12-4)16-14-10-2/h17-20,24,28,32,35-37H,9-16,21-23H2,1-8H3. The molecule has 256 valence electrons. The van der Waals surface area contributed by atoms with Crippen LogP contribution < -0.4 is 23.7 Å². The van der Waals surface area contributed by atoms with Crippen molar-refractivity contribution in [1.82, 2.24) is 0 Å². The van der Waals surface area contributed by atoms with Gasteiger partial charge in [-0.15, -0.1) is 0 Å². The lowest BCUT2D eigenvalue weighted by Gasteiger charge is -2.24. The lowest BCUT2D eigenvalue weighted by atomic mass is 10.0. The van der Waals surface area contributed by atoms with Crippen LogP contribution >= 0.6 is 0 Å². The number of rotatable bonds is 24. The second-order valence-corrected chi connectivity index (χ2v) is 11.1. The molecule has 4 atom stereocenters. The summed E-state index contributed by atoms with van der Waals surface area (Å²) in [6.07, 6.45) is 6.73. The van der Waals surface area contributed by atoms with Gasteiger partial charge in [0.2, 0.25) is 12.0 Å². The fraction of sp³-hybridized carbons (Fsp3) is 0.657. The van der Waals surface area contributed by atoms with Crippen LogP contribution in [-0.2, 0) is 20.8 Å². The van der Waals surface area contributed by atoms with E-state index < -0.39 is 12.8 Å². The fourth-order valence-electron chi connectivity index (χ4n) is 5.03. The minimum absolute atomic E-state index is 0.0168. The van der Waals surface area contributed by atoms with Crippen LogP contribution in [0.1, 0.15) is 84.6 Å². The van der Waals surface area contributed by atoms with E-state index in [0.717, 1.165) is 62.5 Å². The summed E-state index contributed by atoms with van der Waals surface area (Å²) in [6, 6.07) is 7.23. The van der Waals surface area contributed by atoms with Crippen molar-refractivity contribution in [2.24, 2.45) is 5.92 Å². The average Bonchev–Trinajstić information content (AvgIpc) is 3.05. The van der Waals surface area contributed by atoms with Crippen LogP contribution in [0, 0.1) is 5.92 Å². The van der Waals surface area contributed by atoms with Crippen LogP contribution in [0.5, 0.6) is 28.7 Å². The Morgan fingerprint density at radius 3 is 1.78 bits per heavy atom. The van der Waals surface area contributed by atoms with Crippen molar-refractivity contribution >= 4 is 0 Å². The Balaban J connectivity index is 2.32. The van der Waals surface area contributed by atoms with Crippen molar-refractivity contribution in [1.29, 1.82) is 0 Å². The maximum Gasteiger partial charge on any atom is 0.313 e. The van der Waals surface area contributed by atoms with E-state index in [-0.39, 0.29) is 25.1 Å². The second kappa shape index (κ2) is 21.1. The molecule has 45 heavy (non-hydrogen) atoms. The van der Waals surface area contributed by atoms with Crippen LogP contribution in [0.15, 0.2) is 24.3 Å². The first-order valence-electron chi connectivity index (χ1n) is 16.2. The molecular weight excluding hydrogens is 580 g/mol. The number of aliphatic hydroxyl groups excluding tert-OH is 2. The van der Waals surface area contributed by atoms with Crippen molar-refractivity contribution in [3.05, 3.63) is 29.8 Å². The lowest BCUT2D eigenvalue weighted by Crippen LogP contribution is -2.27. The molecule has 10 nitrogen and oxygen atoms in total. The number of hydrogen-bond donors (Lipinski definition) is 2. The van der Waals surface area contributed by atoms with Crippen molar-refractivity contribution in [2.45, 2.75) is 105 Å². The maximum absolute atomic E-state index is 10.7. The molecule has 2 N–H and O–H groups in total. The first-order chi connectivity index (χ1) is 21.8. The van der Waals surface area contributed by atoms with Gasteiger partial charge in [0.05, 0.1) is 34.0 Å². The van der Waals surface area contributed by atoms with Crippen LogP contribution in [0.4, 0.5) is 0 Å². The Bertz CT molecular complexity index is 1080. The van der Waals surface area contributed by atoms with Crippen molar-refractivity contribution < 1.29 is 48.1 Å². The summed E-state index contributed by atoms with van der Waals surface area (Å²) < 4.78 is 45.7. The van der Waals surface area contributed by atoms with Crippen molar-refractivity contribution in [3.8, 4) is 39.9 Å². The van der Waals surface area contributed by atoms with Crippen molar-refractivity contribution in [3.63, 3.8) is 0 Å². The smallest absolute Gasteiger partial charge is 0.313 e. The molecule has 2 aromatic carbocycles. The number of hydrogen-bond acceptors (Lipinski definition) is 10. The van der Waals surface area contributed by atoms with Gasteiger partial charge in [-0.05, 0) is 60.6 Å². The number of unbranched alkanes of at least 4 members (excludes halogenated alkanes) is 2. The van der Waals surface area contributed by atoms with Gasteiger partial charge in [-0.3, -0.25) is 0 Å². The fourth-order valence-corrected chi connectivity index (χ4v) is 5.03. The zero-order chi connectivity index (χ0) is 33.2. The van der Waals surface area contributed by atoms with Gasteiger partial charge in [0, 0.05) is 19.3 Å². The first-order valence-corrected chi connectivity index (χ1v) is 16.2. The maximum atomic E-state index is 10.7. The van der Waals surface area contributed by atoms with Crippen LogP contribution in [-0.4, -0.2) is 70.7 Å². The number of benzene rings is 2. The van der Waals surface area contributed by atoms with E-state index in [1.165, 1.54) is 21.3 Å². The van der Waals surface area contributed by atoms with Gasteiger partial charge in [-0.2, -0.15) is 0 Å². The zero-order valence-corrected chi connectivity index (χ0v) is 28.6. The molecule has 0 aliphatic carbocycles. The summed E-state index contributed by atoms with van der Waals surface area (Å²) in [7, 11) is 6.15. The summed E-state index contributed by atoms with van der Waals surface area (Å²) in [5, 5.41) is 21.3. The quantitative estimate of drug-likeness (QED) is 0.116. The normalized spacial score (nSPS) is 14.0. The van der Waals surface area contributed by atoms with E-state index in [4.69, 9.17) is 37.9 Å². The van der Waals surface area contributed by atoms with Crippen LogP contribution in [0.25, 0.3) is 11.1 Å². The number of ether oxygens (including phenoxy) is 8. The predicted molar refractivity (Wildman–Crippen MR) is 174 cm³/mol. The van der Waals surface area contributed by atoms with E-state index in [9.17, 15) is 10.2 Å². The molecule has 0 aliphatic heterocycles. The van der Waals surface area contributed by atoms with E-state index in [2.05, 4.69) is 20.8 Å². The molecule has 0 saturated carbocycles. The third-order valence-electron chi connectivity index (χ3n) is 7.72. The topological polar surface area (TPSA) is 114 Å². The Labute approximate surface area is 269 Å². The van der Waals surface area contributed by atoms with E-state index in [1.54, 1.807) is 25.3 Å². The van der Waals surface area contributed by atoms with Crippen molar-refractivity contribution in [2.75, 3.05) is 41.7 Å². The van der Waals surface area contributed by atoms with Gasteiger partial charge in [0.15, 0.2) is 23.0 Å². The molecule has 0 amide bonds. The molecule has 0 aromatic heterocycles. The zero-order valence-electron chi connectivity index (χ0n) is 28.6. The van der Waals surface area contributed by atoms with Gasteiger partial charge < -0.3 is 48.1 Å². The third kappa shape index (κ3) is 12.2. The molecule has 0 aliphatic rings. The largest absolute Gasteiger partial charge is 0.493 e. The number of methoxy groups -OCH3 is 4. The molecule has 0 fully saturated rings. The minimum Gasteiger partial charge on any atom is -0.493 e. The molecular formula is C35H56O10. The van der Waals surface area contributed by atoms with Gasteiger partial charge in [-0.25, -0.2) is 0 Å². The molecule has 0 radical (unpaired) electrons. The van der Waals surface area contributed by atoms with E-state index in [1.807, 2.05) is 13.0 Å². The highest BCUT2D eigenvalue weighted by molar-refractivity contribution is 5.74. The predicted octanol–water partition coefficient (Wildman–Crippen LogP) is 7.10. The SMILES string of the molecule is CCCCC(CC)COCC(O)Oc1c(OC)cc(-c2cc(COC)c(OC(O)OC(CC)CCCC)c(OC)c2)cc1OC. The van der Waals surface area contributed by atoms with Crippen LogP contribution in [0.2, 0.25) is 0 Å². The van der Waals surface area contributed by atoms with Gasteiger partial charge in [-0.1, -0.05) is 59.8 Å². The van der Waals surface area contributed by atoms with E-state index in [0.29, 0.717) is 41.1 Å². The molecule has 0 bridgehead atoms. The summed E-state index contributed by atoms with van der Waals surface area (Å²) in [4.78, 5) is 0. The highest BCUT2D eigenvalue weighted by Gasteiger charge is 2.23. The first kappa shape index (κ1) is 38.4. The molecule has 0 spiro atoms. The summed E-state index contributed by atoms with van der Waals surface area (Å²) >= 11 is 0. The molecule has 10 heteroatoms. The number of aliphatic hydroxyl groups is 2. The van der Waals surface area contributed by atoms with Crippen LogP contribution in [0.3, 0.4) is 0 Å². The molecule has 2 rings (SSSR count). The Kier molecular flexibility index (Phi) is 18.0. The second-order valence-electron chi connectivity index (χ2n) is 11.1. The van der Waals surface area contributed by atoms with Gasteiger partial charge >= 0.3 is 6.48 Å². The minimum atomic E-state index is -1.47. The van der Waals surface area contributed by atoms with Gasteiger partial charge in [0.1, 0.15) is 6.61 Å². The molecule has 0 heterocycles. The van der Waals surface area contributed by atoms with Gasteiger partial charge in [0.25, 0.3) is 0 Å².